The Hall–Kier alpha value is -2.54. The molecule has 0 saturated carbocycles. The van der Waals surface area contributed by atoms with Crippen LogP contribution in [0.1, 0.15) is 37.5 Å². The number of amides is 1. The first-order valence-electron chi connectivity index (χ1n) is 9.59. The average molecular weight is 419 g/mol. The number of nitrogens with zero attached hydrogens (tertiary/aromatic N) is 1. The number of rotatable bonds is 8. The van der Waals surface area contributed by atoms with E-state index in [0.29, 0.717) is 5.69 Å². The summed E-state index contributed by atoms with van der Waals surface area (Å²) in [4.78, 5) is 12.7. The lowest BCUT2D eigenvalue weighted by atomic mass is 10.1. The molecule has 0 radical (unpaired) electrons. The van der Waals surface area contributed by atoms with Gasteiger partial charge in [-0.25, -0.2) is 8.42 Å². The fourth-order valence-electron chi connectivity index (χ4n) is 3.01. The number of hydrogen-bond donors (Lipinski definition) is 1. The van der Waals surface area contributed by atoms with E-state index in [1.165, 1.54) is 0 Å². The molecular weight excluding hydrogens is 388 g/mol. The van der Waals surface area contributed by atoms with Gasteiger partial charge in [0.05, 0.1) is 18.0 Å². The van der Waals surface area contributed by atoms with Crippen LogP contribution in [-0.4, -0.2) is 32.7 Å². The Balaban J connectivity index is 2.16. The molecule has 0 spiro atoms. The van der Waals surface area contributed by atoms with Gasteiger partial charge in [-0.15, -0.1) is 0 Å². The standard InChI is InChI=1S/C22H30N2O4S/c1-15(2)28-21-9-7-8-19(13-21)14-23-22(25)18(5)24(29(6,26)27)20-11-10-16(3)17(4)12-20/h7-13,15,18H,14H2,1-6H3,(H,23,25)/t18-/m0/s1. The second kappa shape index (κ2) is 9.31. The Morgan fingerprint density at radius 1 is 1.07 bits per heavy atom. The van der Waals surface area contributed by atoms with Gasteiger partial charge in [0.2, 0.25) is 15.9 Å². The summed E-state index contributed by atoms with van der Waals surface area (Å²) in [5, 5.41) is 2.83. The first-order valence-corrected chi connectivity index (χ1v) is 11.4. The van der Waals surface area contributed by atoms with Crippen molar-refractivity contribution >= 4 is 21.6 Å². The molecule has 29 heavy (non-hydrogen) atoms. The summed E-state index contributed by atoms with van der Waals surface area (Å²) in [5.74, 6) is 0.358. The van der Waals surface area contributed by atoms with Crippen molar-refractivity contribution in [1.82, 2.24) is 5.32 Å². The Morgan fingerprint density at radius 3 is 2.34 bits per heavy atom. The first-order chi connectivity index (χ1) is 13.5. The van der Waals surface area contributed by atoms with E-state index in [4.69, 9.17) is 4.74 Å². The normalized spacial score (nSPS) is 12.5. The van der Waals surface area contributed by atoms with E-state index < -0.39 is 16.1 Å². The first kappa shape index (κ1) is 22.7. The maximum absolute atomic E-state index is 12.7. The largest absolute Gasteiger partial charge is 0.491 e. The summed E-state index contributed by atoms with van der Waals surface area (Å²) in [6.07, 6.45) is 1.17. The van der Waals surface area contributed by atoms with E-state index >= 15 is 0 Å². The minimum Gasteiger partial charge on any atom is -0.491 e. The van der Waals surface area contributed by atoms with Crippen LogP contribution < -0.4 is 14.4 Å². The molecule has 1 amide bonds. The highest BCUT2D eigenvalue weighted by Gasteiger charge is 2.29. The Labute approximate surface area is 173 Å². The third kappa shape index (κ3) is 6.22. The van der Waals surface area contributed by atoms with Crippen molar-refractivity contribution in [3.63, 3.8) is 0 Å². The number of benzene rings is 2. The Bertz CT molecular complexity index is 971. The maximum Gasteiger partial charge on any atom is 0.243 e. The van der Waals surface area contributed by atoms with Crippen molar-refractivity contribution in [3.05, 3.63) is 59.2 Å². The fraction of sp³-hybridized carbons (Fsp3) is 0.409. The van der Waals surface area contributed by atoms with Crippen molar-refractivity contribution in [3.8, 4) is 5.75 Å². The molecule has 0 saturated heterocycles. The highest BCUT2D eigenvalue weighted by atomic mass is 32.2. The van der Waals surface area contributed by atoms with Gasteiger partial charge >= 0.3 is 0 Å². The molecule has 0 aliphatic carbocycles. The number of hydrogen-bond acceptors (Lipinski definition) is 4. The zero-order valence-corrected chi connectivity index (χ0v) is 18.7. The molecule has 0 aliphatic rings. The van der Waals surface area contributed by atoms with E-state index in [9.17, 15) is 13.2 Å². The van der Waals surface area contributed by atoms with Gasteiger partial charge in [-0.05, 0) is 75.6 Å². The molecule has 0 aliphatic heterocycles. The van der Waals surface area contributed by atoms with Crippen LogP contribution in [0.5, 0.6) is 5.75 Å². The molecular formula is C22H30N2O4S. The van der Waals surface area contributed by atoms with E-state index in [-0.39, 0.29) is 18.6 Å². The minimum absolute atomic E-state index is 0.0566. The van der Waals surface area contributed by atoms with Gasteiger partial charge < -0.3 is 10.1 Å². The van der Waals surface area contributed by atoms with Gasteiger partial charge in [-0.1, -0.05) is 18.2 Å². The Morgan fingerprint density at radius 2 is 1.76 bits per heavy atom. The van der Waals surface area contributed by atoms with Gasteiger partial charge in [0.1, 0.15) is 11.8 Å². The SMILES string of the molecule is Cc1ccc(N([C@@H](C)C(=O)NCc2cccc(OC(C)C)c2)S(C)(=O)=O)cc1C. The van der Waals surface area contributed by atoms with Crippen LogP contribution in [0, 0.1) is 13.8 Å². The summed E-state index contributed by atoms with van der Waals surface area (Å²) < 4.78 is 31.7. The number of ether oxygens (including phenoxy) is 1. The summed E-state index contributed by atoms with van der Waals surface area (Å²) in [7, 11) is -3.64. The molecule has 2 aromatic carbocycles. The summed E-state index contributed by atoms with van der Waals surface area (Å²) in [5.41, 5.74) is 3.37. The van der Waals surface area contributed by atoms with Crippen molar-refractivity contribution in [2.24, 2.45) is 0 Å². The smallest absolute Gasteiger partial charge is 0.243 e. The van der Waals surface area contributed by atoms with Gasteiger partial charge in [0.25, 0.3) is 0 Å². The Kier molecular flexibility index (Phi) is 7.30. The number of aryl methyl sites for hydroxylation is 2. The highest BCUT2D eigenvalue weighted by molar-refractivity contribution is 7.92. The fourth-order valence-corrected chi connectivity index (χ4v) is 4.18. The molecule has 2 aromatic rings. The van der Waals surface area contributed by atoms with Gasteiger partial charge in [0, 0.05) is 6.54 Å². The van der Waals surface area contributed by atoms with Crippen LogP contribution in [-0.2, 0) is 21.4 Å². The lowest BCUT2D eigenvalue weighted by molar-refractivity contribution is -0.122. The van der Waals surface area contributed by atoms with Crippen molar-refractivity contribution in [2.75, 3.05) is 10.6 Å². The molecule has 2 rings (SSSR count). The predicted octanol–water partition coefficient (Wildman–Crippen LogP) is 3.56. The topological polar surface area (TPSA) is 75.7 Å². The van der Waals surface area contributed by atoms with Crippen molar-refractivity contribution in [1.29, 1.82) is 0 Å². The van der Waals surface area contributed by atoms with E-state index in [1.807, 2.05) is 58.0 Å². The molecule has 7 heteroatoms. The van der Waals surface area contributed by atoms with Crippen molar-refractivity contribution < 1.29 is 17.9 Å². The number of anilines is 1. The highest BCUT2D eigenvalue weighted by Crippen LogP contribution is 2.24. The van der Waals surface area contributed by atoms with Crippen LogP contribution in [0.2, 0.25) is 0 Å². The quantitative estimate of drug-likeness (QED) is 0.711. The van der Waals surface area contributed by atoms with Crippen LogP contribution >= 0.6 is 0 Å². The third-order valence-corrected chi connectivity index (χ3v) is 5.81. The van der Waals surface area contributed by atoms with Crippen molar-refractivity contribution in [2.45, 2.75) is 53.3 Å². The molecule has 0 unspecified atom stereocenters. The summed E-state index contributed by atoms with van der Waals surface area (Å²) >= 11 is 0. The van der Waals surface area contributed by atoms with E-state index in [0.717, 1.165) is 33.0 Å². The third-order valence-electron chi connectivity index (χ3n) is 4.57. The molecule has 0 heterocycles. The molecule has 158 valence electrons. The monoisotopic (exact) mass is 418 g/mol. The molecule has 1 N–H and O–H groups in total. The molecule has 6 nitrogen and oxygen atoms in total. The molecule has 0 fully saturated rings. The number of carbonyl (C=O) groups is 1. The van der Waals surface area contributed by atoms with Crippen LogP contribution in [0.3, 0.4) is 0 Å². The van der Waals surface area contributed by atoms with Gasteiger partial charge in [0.15, 0.2) is 0 Å². The van der Waals surface area contributed by atoms with Crippen LogP contribution in [0.15, 0.2) is 42.5 Å². The van der Waals surface area contributed by atoms with Gasteiger partial charge in [-0.3, -0.25) is 9.10 Å². The lowest BCUT2D eigenvalue weighted by Gasteiger charge is -2.28. The van der Waals surface area contributed by atoms with E-state index in [2.05, 4.69) is 5.32 Å². The van der Waals surface area contributed by atoms with E-state index in [1.54, 1.807) is 19.1 Å². The number of sulfonamides is 1. The molecule has 1 atom stereocenters. The predicted molar refractivity (Wildman–Crippen MR) is 117 cm³/mol. The minimum atomic E-state index is -3.64. The zero-order chi connectivity index (χ0) is 21.8. The lowest BCUT2D eigenvalue weighted by Crippen LogP contribution is -2.47. The zero-order valence-electron chi connectivity index (χ0n) is 17.9. The average Bonchev–Trinajstić information content (AvgIpc) is 2.61. The molecule has 0 aromatic heterocycles. The molecule has 0 bridgehead atoms. The second-order valence-corrected chi connectivity index (χ2v) is 9.39. The van der Waals surface area contributed by atoms with Gasteiger partial charge in [-0.2, -0.15) is 0 Å². The van der Waals surface area contributed by atoms with Crippen LogP contribution in [0.4, 0.5) is 5.69 Å². The number of nitrogens with one attached hydrogen (secondary N) is 1. The maximum atomic E-state index is 12.7. The number of carbonyl (C=O) groups excluding carboxylic acids is 1. The summed E-state index contributed by atoms with van der Waals surface area (Å²) in [6.45, 7) is 9.63. The summed E-state index contributed by atoms with van der Waals surface area (Å²) in [6, 6.07) is 11.9. The van der Waals surface area contributed by atoms with Crippen LogP contribution in [0.25, 0.3) is 0 Å². The second-order valence-electron chi connectivity index (χ2n) is 7.54.